The Morgan fingerprint density at radius 1 is 1.31 bits per heavy atom. The molecule has 0 bridgehead atoms. The van der Waals surface area contributed by atoms with E-state index in [2.05, 4.69) is 26.0 Å². The summed E-state index contributed by atoms with van der Waals surface area (Å²) in [6.07, 6.45) is 2.39. The summed E-state index contributed by atoms with van der Waals surface area (Å²) in [7, 11) is 0. The van der Waals surface area contributed by atoms with E-state index in [1.807, 2.05) is 6.07 Å². The van der Waals surface area contributed by atoms with E-state index in [0.29, 0.717) is 0 Å². The smallest absolute Gasteiger partial charge is 0.0440 e. The first-order valence-electron chi connectivity index (χ1n) is 4.94. The van der Waals surface area contributed by atoms with Crippen molar-refractivity contribution < 1.29 is 0 Å². The lowest BCUT2D eigenvalue weighted by Crippen LogP contribution is -2.07. The molecule has 1 atom stereocenters. The van der Waals surface area contributed by atoms with Gasteiger partial charge in [-0.15, -0.1) is 0 Å². The van der Waals surface area contributed by atoms with Crippen molar-refractivity contribution in [1.29, 1.82) is 0 Å². The Labute approximate surface area is 84.9 Å². The van der Waals surface area contributed by atoms with E-state index in [-0.39, 0.29) is 0 Å². The molecule has 1 aliphatic carbocycles. The normalized spacial score (nSPS) is 20.8. The van der Waals surface area contributed by atoms with Gasteiger partial charge in [-0.3, -0.25) is 0 Å². The van der Waals surface area contributed by atoms with Crippen LogP contribution in [0.1, 0.15) is 25.0 Å². The van der Waals surface area contributed by atoms with Crippen LogP contribution in [0.2, 0.25) is 5.02 Å². The predicted octanol–water partition coefficient (Wildman–Crippen LogP) is 3.71. The highest BCUT2D eigenvalue weighted by atomic mass is 35.5. The molecule has 0 aliphatic heterocycles. The van der Waals surface area contributed by atoms with Gasteiger partial charge >= 0.3 is 0 Å². The van der Waals surface area contributed by atoms with Crippen LogP contribution in [0.3, 0.4) is 0 Å². The van der Waals surface area contributed by atoms with Crippen LogP contribution in [-0.4, -0.2) is 0 Å². The molecule has 1 aromatic rings. The van der Waals surface area contributed by atoms with E-state index in [9.17, 15) is 0 Å². The Morgan fingerprint density at radius 3 is 2.69 bits per heavy atom. The van der Waals surface area contributed by atoms with Crippen molar-refractivity contribution in [2.75, 3.05) is 0 Å². The molecule has 1 aromatic carbocycles. The van der Waals surface area contributed by atoms with Crippen LogP contribution >= 0.6 is 11.6 Å². The maximum Gasteiger partial charge on any atom is 0.0440 e. The molecule has 0 nitrogen and oxygen atoms in total. The molecule has 0 saturated heterocycles. The Hall–Kier alpha value is -0.490. The van der Waals surface area contributed by atoms with Crippen LogP contribution in [0.15, 0.2) is 18.2 Å². The van der Waals surface area contributed by atoms with Gasteiger partial charge in [0.2, 0.25) is 0 Å². The largest absolute Gasteiger partial charge is 0.0840 e. The van der Waals surface area contributed by atoms with Gasteiger partial charge < -0.3 is 0 Å². The van der Waals surface area contributed by atoms with Gasteiger partial charge in [0.1, 0.15) is 0 Å². The second-order valence-corrected chi connectivity index (χ2v) is 4.70. The lowest BCUT2D eigenvalue weighted by molar-refractivity contribution is 0.404. The molecule has 1 unspecified atom stereocenters. The number of benzene rings is 1. The van der Waals surface area contributed by atoms with Crippen LogP contribution in [0.25, 0.3) is 0 Å². The van der Waals surface area contributed by atoms with Gasteiger partial charge in [-0.2, -0.15) is 0 Å². The van der Waals surface area contributed by atoms with Crippen LogP contribution in [0.4, 0.5) is 0 Å². The Kier molecular flexibility index (Phi) is 2.33. The maximum atomic E-state index is 6.14. The topological polar surface area (TPSA) is 0 Å². The van der Waals surface area contributed by atoms with E-state index >= 15 is 0 Å². The van der Waals surface area contributed by atoms with Gasteiger partial charge in [-0.25, -0.2) is 0 Å². The summed E-state index contributed by atoms with van der Waals surface area (Å²) in [6.45, 7) is 4.59. The molecule has 0 fully saturated rings. The minimum Gasteiger partial charge on any atom is -0.0840 e. The minimum absolute atomic E-state index is 0.767. The second kappa shape index (κ2) is 3.34. The first-order chi connectivity index (χ1) is 6.18. The van der Waals surface area contributed by atoms with Crippen molar-refractivity contribution in [3.05, 3.63) is 34.3 Å². The molecule has 70 valence electrons. The van der Waals surface area contributed by atoms with Gasteiger partial charge in [0.25, 0.3) is 0 Å². The molecule has 0 amide bonds. The Bertz CT molecular complexity index is 315. The predicted molar refractivity (Wildman–Crippen MR) is 57.2 cm³/mol. The number of rotatable bonds is 1. The summed E-state index contributed by atoms with van der Waals surface area (Å²) >= 11 is 6.14. The lowest BCUT2D eigenvalue weighted by Gasteiger charge is -2.12. The van der Waals surface area contributed by atoms with E-state index in [1.165, 1.54) is 24.0 Å². The Balaban J connectivity index is 2.30. The van der Waals surface area contributed by atoms with Crippen molar-refractivity contribution >= 4 is 11.6 Å². The van der Waals surface area contributed by atoms with Gasteiger partial charge in [0, 0.05) is 5.02 Å². The van der Waals surface area contributed by atoms with Gasteiger partial charge in [0.05, 0.1) is 0 Å². The average Bonchev–Trinajstić information content (AvgIpc) is 2.49. The molecule has 1 aliphatic rings. The lowest BCUT2D eigenvalue weighted by atomic mass is 9.93. The molecule has 0 spiro atoms. The number of hydrogen-bond donors (Lipinski definition) is 0. The van der Waals surface area contributed by atoms with E-state index in [0.717, 1.165) is 16.9 Å². The fourth-order valence-electron chi connectivity index (χ4n) is 2.11. The highest BCUT2D eigenvalue weighted by Crippen LogP contribution is 2.35. The van der Waals surface area contributed by atoms with Gasteiger partial charge in [0.15, 0.2) is 0 Å². The molecule has 2 rings (SSSR count). The molecule has 0 N–H and O–H groups in total. The summed E-state index contributed by atoms with van der Waals surface area (Å²) in [6, 6.07) is 6.27. The van der Waals surface area contributed by atoms with Gasteiger partial charge in [-0.1, -0.05) is 37.6 Å². The summed E-state index contributed by atoms with van der Waals surface area (Å²) in [4.78, 5) is 0. The average molecular weight is 195 g/mol. The van der Waals surface area contributed by atoms with Crippen molar-refractivity contribution in [2.45, 2.75) is 26.7 Å². The van der Waals surface area contributed by atoms with Crippen molar-refractivity contribution in [2.24, 2.45) is 11.8 Å². The van der Waals surface area contributed by atoms with E-state index in [1.54, 1.807) is 0 Å². The summed E-state index contributed by atoms with van der Waals surface area (Å²) in [5.74, 6) is 1.57. The van der Waals surface area contributed by atoms with Crippen molar-refractivity contribution in [1.82, 2.24) is 0 Å². The van der Waals surface area contributed by atoms with E-state index in [4.69, 9.17) is 11.6 Å². The second-order valence-electron chi connectivity index (χ2n) is 4.29. The SMILES string of the molecule is CC(C)C1Cc2cccc(Cl)c2C1. The minimum atomic E-state index is 0.767. The fraction of sp³-hybridized carbons (Fsp3) is 0.500. The third-order valence-electron chi connectivity index (χ3n) is 3.11. The quantitative estimate of drug-likeness (QED) is 0.640. The first-order valence-corrected chi connectivity index (χ1v) is 5.32. The van der Waals surface area contributed by atoms with Crippen LogP contribution in [0.5, 0.6) is 0 Å². The number of hydrogen-bond acceptors (Lipinski definition) is 0. The summed E-state index contributed by atoms with van der Waals surface area (Å²) < 4.78 is 0. The molecule has 13 heavy (non-hydrogen) atoms. The summed E-state index contributed by atoms with van der Waals surface area (Å²) in [5.41, 5.74) is 2.86. The molecule has 0 saturated carbocycles. The molecule has 0 aromatic heterocycles. The number of fused-ring (bicyclic) bond motifs is 1. The first kappa shape index (κ1) is 9.08. The maximum absolute atomic E-state index is 6.14. The molecular weight excluding hydrogens is 180 g/mol. The molecule has 0 heterocycles. The molecular formula is C12H15Cl. The van der Waals surface area contributed by atoms with Crippen molar-refractivity contribution in [3.63, 3.8) is 0 Å². The van der Waals surface area contributed by atoms with Crippen LogP contribution < -0.4 is 0 Å². The molecule has 0 radical (unpaired) electrons. The summed E-state index contributed by atoms with van der Waals surface area (Å²) in [5, 5.41) is 0.959. The highest BCUT2D eigenvalue weighted by Gasteiger charge is 2.25. The standard InChI is InChI=1S/C12H15Cl/c1-8(2)10-6-9-4-3-5-12(13)11(9)7-10/h3-5,8,10H,6-7H2,1-2H3. The zero-order valence-electron chi connectivity index (χ0n) is 8.18. The van der Waals surface area contributed by atoms with Gasteiger partial charge in [-0.05, 0) is 41.9 Å². The molecule has 1 heteroatoms. The third-order valence-corrected chi connectivity index (χ3v) is 3.46. The number of halogens is 1. The third kappa shape index (κ3) is 1.60. The van der Waals surface area contributed by atoms with Crippen LogP contribution in [-0.2, 0) is 12.8 Å². The highest BCUT2D eigenvalue weighted by molar-refractivity contribution is 6.31. The Morgan fingerprint density at radius 2 is 2.08 bits per heavy atom. The fourth-order valence-corrected chi connectivity index (χ4v) is 2.38. The monoisotopic (exact) mass is 194 g/mol. The van der Waals surface area contributed by atoms with Crippen LogP contribution in [0, 0.1) is 11.8 Å². The zero-order chi connectivity index (χ0) is 9.42. The van der Waals surface area contributed by atoms with Crippen molar-refractivity contribution in [3.8, 4) is 0 Å². The zero-order valence-corrected chi connectivity index (χ0v) is 8.93. The van der Waals surface area contributed by atoms with E-state index < -0.39 is 0 Å².